The Hall–Kier alpha value is -1.96. The van der Waals surface area contributed by atoms with E-state index in [1.165, 1.54) is 31.1 Å². The van der Waals surface area contributed by atoms with Crippen LogP contribution in [-0.2, 0) is 11.0 Å². The lowest BCUT2D eigenvalue weighted by Crippen LogP contribution is -2.29. The summed E-state index contributed by atoms with van der Waals surface area (Å²) >= 11 is 0. The van der Waals surface area contributed by atoms with E-state index in [4.69, 9.17) is 9.84 Å². The fourth-order valence-electron chi connectivity index (χ4n) is 1.49. The van der Waals surface area contributed by atoms with Crippen molar-refractivity contribution >= 4 is 11.6 Å². The van der Waals surface area contributed by atoms with Gasteiger partial charge in [0.1, 0.15) is 12.4 Å². The molecule has 0 aliphatic carbocycles. The Morgan fingerprint density at radius 3 is 2.57 bits per heavy atom. The topological polar surface area (TPSA) is 61.8 Å². The Bertz CT molecular complexity index is 490. The summed E-state index contributed by atoms with van der Waals surface area (Å²) in [6.07, 6.45) is -4.58. The Morgan fingerprint density at radius 2 is 2.05 bits per heavy atom. The summed E-state index contributed by atoms with van der Waals surface area (Å²) in [5, 5.41) is 11.1. The molecule has 2 N–H and O–H groups in total. The molecule has 0 radical (unpaired) electrons. The van der Waals surface area contributed by atoms with Crippen molar-refractivity contribution in [2.24, 2.45) is 0 Å². The molecule has 0 bridgehead atoms. The third-order valence-corrected chi connectivity index (χ3v) is 2.59. The van der Waals surface area contributed by atoms with Crippen molar-refractivity contribution in [1.29, 1.82) is 0 Å². The van der Waals surface area contributed by atoms with Gasteiger partial charge in [-0.1, -0.05) is 0 Å². The van der Waals surface area contributed by atoms with Crippen LogP contribution >= 0.6 is 0 Å². The van der Waals surface area contributed by atoms with Gasteiger partial charge in [0.2, 0.25) is 5.91 Å². The molecule has 0 aliphatic rings. The van der Waals surface area contributed by atoms with Crippen LogP contribution in [0.4, 0.5) is 18.9 Å². The maximum atomic E-state index is 13.0. The smallest absolute Gasteiger partial charge is 0.418 e. The molecule has 8 heteroatoms. The molecule has 0 heterocycles. The second kappa shape index (κ2) is 7.16. The number of likely N-dealkylation sites (N-methyl/N-ethyl adjacent to an activating group) is 1. The number of benzene rings is 1. The number of alkyl halides is 3. The van der Waals surface area contributed by atoms with E-state index in [0.29, 0.717) is 0 Å². The van der Waals surface area contributed by atoms with Gasteiger partial charge in [-0.3, -0.25) is 4.79 Å². The van der Waals surface area contributed by atoms with E-state index in [-0.39, 0.29) is 37.1 Å². The number of halogens is 3. The summed E-state index contributed by atoms with van der Waals surface area (Å²) in [7, 11) is 3.03. The van der Waals surface area contributed by atoms with Crippen molar-refractivity contribution in [1.82, 2.24) is 4.90 Å². The molecule has 1 rings (SSSR count). The zero-order valence-electron chi connectivity index (χ0n) is 11.7. The van der Waals surface area contributed by atoms with Crippen molar-refractivity contribution in [3.63, 3.8) is 0 Å². The molecule has 0 saturated heterocycles. The molecular weight excluding hydrogens is 289 g/mol. The van der Waals surface area contributed by atoms with Crippen LogP contribution in [0.3, 0.4) is 0 Å². The van der Waals surface area contributed by atoms with Gasteiger partial charge in [-0.25, -0.2) is 0 Å². The number of ether oxygens (including phenoxy) is 1. The quantitative estimate of drug-likeness (QED) is 0.837. The molecule has 1 aromatic carbocycles. The third kappa shape index (κ3) is 5.14. The minimum absolute atomic E-state index is 0.000797. The molecule has 0 saturated carbocycles. The van der Waals surface area contributed by atoms with Crippen LogP contribution < -0.4 is 10.1 Å². The number of anilines is 1. The van der Waals surface area contributed by atoms with Crippen molar-refractivity contribution < 1.29 is 27.8 Å². The number of nitrogens with zero attached hydrogens (tertiary/aromatic N) is 1. The van der Waals surface area contributed by atoms with E-state index in [1.54, 1.807) is 0 Å². The molecule has 5 nitrogen and oxygen atoms in total. The van der Waals surface area contributed by atoms with Crippen molar-refractivity contribution in [2.75, 3.05) is 39.2 Å². The molecule has 0 atom stereocenters. The average molecular weight is 306 g/mol. The first-order valence-electron chi connectivity index (χ1n) is 6.14. The van der Waals surface area contributed by atoms with Crippen LogP contribution in [0.1, 0.15) is 5.56 Å². The summed E-state index contributed by atoms with van der Waals surface area (Å²) in [4.78, 5) is 12.7. The van der Waals surface area contributed by atoms with Gasteiger partial charge >= 0.3 is 6.18 Å². The van der Waals surface area contributed by atoms with Crippen LogP contribution in [0.25, 0.3) is 0 Å². The highest BCUT2D eigenvalue weighted by Gasteiger charge is 2.34. The van der Waals surface area contributed by atoms with Gasteiger partial charge in [0.25, 0.3) is 0 Å². The third-order valence-electron chi connectivity index (χ3n) is 2.59. The summed E-state index contributed by atoms with van der Waals surface area (Å²) in [5.41, 5.74) is -1.13. The predicted octanol–water partition coefficient (Wildman–Crippen LogP) is 1.58. The van der Waals surface area contributed by atoms with Gasteiger partial charge in [0.05, 0.1) is 18.7 Å². The maximum absolute atomic E-state index is 13.0. The predicted molar refractivity (Wildman–Crippen MR) is 71.2 cm³/mol. The lowest BCUT2D eigenvalue weighted by Gasteiger charge is -2.17. The van der Waals surface area contributed by atoms with Gasteiger partial charge in [-0.05, 0) is 18.2 Å². The molecule has 0 aliphatic heterocycles. The zero-order valence-corrected chi connectivity index (χ0v) is 11.7. The molecule has 1 aromatic rings. The number of aliphatic hydroxyl groups excluding tert-OH is 1. The van der Waals surface area contributed by atoms with Gasteiger partial charge in [0.15, 0.2) is 0 Å². The summed E-state index contributed by atoms with van der Waals surface area (Å²) in [6, 6.07) is 3.37. The number of amides is 1. The number of hydrogen-bond acceptors (Lipinski definition) is 4. The van der Waals surface area contributed by atoms with Gasteiger partial charge in [0, 0.05) is 19.8 Å². The Labute approximate surface area is 120 Å². The normalized spacial score (nSPS) is 11.1. The first kappa shape index (κ1) is 17.1. The molecule has 118 valence electrons. The molecule has 0 spiro atoms. The first-order valence-corrected chi connectivity index (χ1v) is 6.14. The van der Waals surface area contributed by atoms with E-state index < -0.39 is 11.7 Å². The highest BCUT2D eigenvalue weighted by atomic mass is 19.4. The number of nitrogens with one attached hydrogen (secondary N) is 1. The zero-order chi connectivity index (χ0) is 16.0. The van der Waals surface area contributed by atoms with Crippen LogP contribution in [0.5, 0.6) is 5.75 Å². The van der Waals surface area contributed by atoms with Gasteiger partial charge in [-0.2, -0.15) is 13.2 Å². The van der Waals surface area contributed by atoms with Gasteiger partial charge in [-0.15, -0.1) is 0 Å². The number of aliphatic hydroxyl groups is 1. The van der Waals surface area contributed by atoms with E-state index in [9.17, 15) is 18.0 Å². The van der Waals surface area contributed by atoms with Crippen molar-refractivity contribution in [3.05, 3.63) is 23.8 Å². The van der Waals surface area contributed by atoms with Crippen LogP contribution in [0.15, 0.2) is 18.2 Å². The molecule has 0 aromatic heterocycles. The van der Waals surface area contributed by atoms with Gasteiger partial charge < -0.3 is 20.1 Å². The number of rotatable bonds is 6. The summed E-state index contributed by atoms with van der Waals surface area (Å²) < 4.78 is 43.9. The fourth-order valence-corrected chi connectivity index (χ4v) is 1.49. The van der Waals surface area contributed by atoms with E-state index in [0.717, 1.165) is 6.07 Å². The fraction of sp³-hybridized carbons (Fsp3) is 0.462. The van der Waals surface area contributed by atoms with Crippen LogP contribution in [0, 0.1) is 0 Å². The molecular formula is C13H17F3N2O3. The Kier molecular flexibility index (Phi) is 5.83. The van der Waals surface area contributed by atoms with E-state index >= 15 is 0 Å². The average Bonchev–Trinajstić information content (AvgIpc) is 2.41. The second-order valence-corrected chi connectivity index (χ2v) is 4.42. The SMILES string of the molecule is CN(C)C(=O)CNc1ccc(OCCO)cc1C(F)(F)F. The highest BCUT2D eigenvalue weighted by Crippen LogP contribution is 2.37. The highest BCUT2D eigenvalue weighted by molar-refractivity contribution is 5.80. The molecule has 21 heavy (non-hydrogen) atoms. The molecule has 0 unspecified atom stereocenters. The summed E-state index contributed by atoms with van der Waals surface area (Å²) in [5.74, 6) is -0.343. The Balaban J connectivity index is 2.94. The Morgan fingerprint density at radius 1 is 1.38 bits per heavy atom. The number of hydrogen-bond donors (Lipinski definition) is 2. The lowest BCUT2D eigenvalue weighted by atomic mass is 10.1. The minimum Gasteiger partial charge on any atom is -0.491 e. The second-order valence-electron chi connectivity index (χ2n) is 4.42. The summed E-state index contributed by atoms with van der Waals surface area (Å²) in [6.45, 7) is -0.630. The standard InChI is InChI=1S/C13H17F3N2O3/c1-18(2)12(20)8-17-11-4-3-9(21-6-5-19)7-10(11)13(14,15)16/h3-4,7,17,19H,5-6,8H2,1-2H3. The van der Waals surface area contributed by atoms with Crippen molar-refractivity contribution in [3.8, 4) is 5.75 Å². The molecule has 1 amide bonds. The monoisotopic (exact) mass is 306 g/mol. The largest absolute Gasteiger partial charge is 0.491 e. The van der Waals surface area contributed by atoms with Crippen LogP contribution in [-0.4, -0.2) is 49.8 Å². The van der Waals surface area contributed by atoms with E-state index in [2.05, 4.69) is 5.32 Å². The first-order chi connectivity index (χ1) is 9.75. The van der Waals surface area contributed by atoms with Crippen molar-refractivity contribution in [2.45, 2.75) is 6.18 Å². The van der Waals surface area contributed by atoms with E-state index in [1.807, 2.05) is 0 Å². The maximum Gasteiger partial charge on any atom is 0.418 e. The number of carbonyl (C=O) groups excluding carboxylic acids is 1. The minimum atomic E-state index is -4.58. The number of carbonyl (C=O) groups is 1. The van der Waals surface area contributed by atoms with Crippen LogP contribution in [0.2, 0.25) is 0 Å². The molecule has 0 fully saturated rings. The lowest BCUT2D eigenvalue weighted by molar-refractivity contribution is -0.137.